The SMILES string of the molecule is CC1O[C@@H](O)C(OCc2ccccc2)C(OCc2ccccc2)[C@@H]1O. The topological polar surface area (TPSA) is 68.2 Å². The number of aliphatic hydroxyl groups excluding tert-OH is 2. The van der Waals surface area contributed by atoms with Crippen molar-refractivity contribution in [2.75, 3.05) is 0 Å². The first kappa shape index (κ1) is 18.0. The third kappa shape index (κ3) is 4.66. The molecular weight excluding hydrogens is 320 g/mol. The standard InChI is InChI=1S/C20H24O5/c1-14-17(21)18(23-12-15-8-4-2-5-9-15)19(20(22)25-14)24-13-16-10-6-3-7-11-16/h2-11,14,17-22H,12-13H2,1H3/t14?,17-,18?,19?,20-/m1/s1. The van der Waals surface area contributed by atoms with E-state index in [1.807, 2.05) is 60.7 Å². The summed E-state index contributed by atoms with van der Waals surface area (Å²) in [4.78, 5) is 0. The van der Waals surface area contributed by atoms with Gasteiger partial charge in [0.15, 0.2) is 6.29 Å². The molecule has 5 atom stereocenters. The van der Waals surface area contributed by atoms with Gasteiger partial charge in [0.05, 0.1) is 19.3 Å². The van der Waals surface area contributed by atoms with Gasteiger partial charge in [-0.1, -0.05) is 60.7 Å². The molecule has 1 heterocycles. The first-order valence-corrected chi connectivity index (χ1v) is 8.48. The zero-order chi connectivity index (χ0) is 17.6. The maximum Gasteiger partial charge on any atom is 0.184 e. The van der Waals surface area contributed by atoms with Gasteiger partial charge >= 0.3 is 0 Å². The molecule has 0 radical (unpaired) electrons. The quantitative estimate of drug-likeness (QED) is 0.841. The van der Waals surface area contributed by atoms with Crippen LogP contribution in [0.3, 0.4) is 0 Å². The summed E-state index contributed by atoms with van der Waals surface area (Å²) in [6, 6.07) is 19.4. The molecule has 1 aliphatic heterocycles. The average Bonchev–Trinajstić information content (AvgIpc) is 2.64. The van der Waals surface area contributed by atoms with Crippen molar-refractivity contribution in [2.45, 2.75) is 50.8 Å². The fourth-order valence-electron chi connectivity index (χ4n) is 2.91. The minimum Gasteiger partial charge on any atom is -0.388 e. The van der Waals surface area contributed by atoms with E-state index in [1.54, 1.807) is 6.92 Å². The molecular formula is C20H24O5. The zero-order valence-electron chi connectivity index (χ0n) is 14.2. The highest BCUT2D eigenvalue weighted by molar-refractivity contribution is 5.14. The van der Waals surface area contributed by atoms with Gasteiger partial charge in [-0.15, -0.1) is 0 Å². The minimum absolute atomic E-state index is 0.304. The van der Waals surface area contributed by atoms with Crippen molar-refractivity contribution in [3.05, 3.63) is 71.8 Å². The lowest BCUT2D eigenvalue weighted by molar-refractivity contribution is -0.300. The number of hydrogen-bond acceptors (Lipinski definition) is 5. The molecule has 0 amide bonds. The van der Waals surface area contributed by atoms with Gasteiger partial charge in [0, 0.05) is 0 Å². The van der Waals surface area contributed by atoms with E-state index in [1.165, 1.54) is 0 Å². The molecule has 3 rings (SSSR count). The molecule has 5 heteroatoms. The van der Waals surface area contributed by atoms with Crippen molar-refractivity contribution in [2.24, 2.45) is 0 Å². The highest BCUT2D eigenvalue weighted by Gasteiger charge is 2.44. The molecule has 134 valence electrons. The summed E-state index contributed by atoms with van der Waals surface area (Å²) in [5.41, 5.74) is 1.97. The van der Waals surface area contributed by atoms with Crippen LogP contribution in [0, 0.1) is 0 Å². The lowest BCUT2D eigenvalue weighted by Gasteiger charge is -2.41. The molecule has 0 aliphatic carbocycles. The van der Waals surface area contributed by atoms with Crippen LogP contribution in [0.5, 0.6) is 0 Å². The van der Waals surface area contributed by atoms with Crippen LogP contribution < -0.4 is 0 Å². The minimum atomic E-state index is -1.15. The lowest BCUT2D eigenvalue weighted by atomic mass is 9.99. The van der Waals surface area contributed by atoms with Crippen LogP contribution in [0.25, 0.3) is 0 Å². The second-order valence-corrected chi connectivity index (χ2v) is 6.24. The van der Waals surface area contributed by atoms with Crippen LogP contribution in [0.4, 0.5) is 0 Å². The van der Waals surface area contributed by atoms with Crippen LogP contribution in [0.2, 0.25) is 0 Å². The Balaban J connectivity index is 1.67. The molecule has 2 aromatic rings. The maximum atomic E-state index is 10.5. The average molecular weight is 344 g/mol. The summed E-state index contributed by atoms with van der Waals surface area (Å²) < 4.78 is 17.1. The van der Waals surface area contributed by atoms with Crippen molar-refractivity contribution in [1.82, 2.24) is 0 Å². The smallest absolute Gasteiger partial charge is 0.184 e. The Morgan fingerprint density at radius 1 is 0.800 bits per heavy atom. The van der Waals surface area contributed by atoms with Gasteiger partial charge in [-0.05, 0) is 18.1 Å². The Labute approximate surface area is 147 Å². The molecule has 25 heavy (non-hydrogen) atoms. The molecule has 0 bridgehead atoms. The summed E-state index contributed by atoms with van der Waals surface area (Å²) in [5.74, 6) is 0. The van der Waals surface area contributed by atoms with E-state index in [2.05, 4.69) is 0 Å². The second kappa shape index (κ2) is 8.56. The van der Waals surface area contributed by atoms with Gasteiger partial charge in [0.25, 0.3) is 0 Å². The van der Waals surface area contributed by atoms with Gasteiger partial charge in [-0.25, -0.2) is 0 Å². The van der Waals surface area contributed by atoms with E-state index in [9.17, 15) is 10.2 Å². The van der Waals surface area contributed by atoms with Gasteiger partial charge in [0.1, 0.15) is 18.3 Å². The van der Waals surface area contributed by atoms with Crippen LogP contribution in [-0.2, 0) is 27.4 Å². The van der Waals surface area contributed by atoms with E-state index in [0.717, 1.165) is 11.1 Å². The van der Waals surface area contributed by atoms with E-state index < -0.39 is 30.7 Å². The molecule has 1 aliphatic rings. The Morgan fingerprint density at radius 3 is 1.80 bits per heavy atom. The molecule has 2 aromatic carbocycles. The van der Waals surface area contributed by atoms with Crippen molar-refractivity contribution < 1.29 is 24.4 Å². The first-order valence-electron chi connectivity index (χ1n) is 8.48. The largest absolute Gasteiger partial charge is 0.388 e. The molecule has 2 N–H and O–H groups in total. The van der Waals surface area contributed by atoms with E-state index in [0.29, 0.717) is 13.2 Å². The number of ether oxygens (including phenoxy) is 3. The molecule has 5 nitrogen and oxygen atoms in total. The van der Waals surface area contributed by atoms with Crippen LogP contribution in [0.1, 0.15) is 18.1 Å². The van der Waals surface area contributed by atoms with E-state index >= 15 is 0 Å². The van der Waals surface area contributed by atoms with Crippen molar-refractivity contribution >= 4 is 0 Å². The van der Waals surface area contributed by atoms with Crippen molar-refractivity contribution in [3.8, 4) is 0 Å². The second-order valence-electron chi connectivity index (χ2n) is 6.24. The molecule has 1 saturated heterocycles. The van der Waals surface area contributed by atoms with Gasteiger partial charge in [0.2, 0.25) is 0 Å². The molecule has 0 saturated carbocycles. The third-order valence-electron chi connectivity index (χ3n) is 4.35. The molecule has 1 fully saturated rings. The van der Waals surface area contributed by atoms with Crippen molar-refractivity contribution in [3.63, 3.8) is 0 Å². The number of aliphatic hydroxyl groups is 2. The van der Waals surface area contributed by atoms with Gasteiger partial charge in [-0.2, -0.15) is 0 Å². The van der Waals surface area contributed by atoms with Crippen molar-refractivity contribution in [1.29, 1.82) is 0 Å². The van der Waals surface area contributed by atoms with E-state index in [-0.39, 0.29) is 0 Å². The fraction of sp³-hybridized carbons (Fsp3) is 0.400. The number of rotatable bonds is 6. The van der Waals surface area contributed by atoms with Crippen LogP contribution in [-0.4, -0.2) is 40.9 Å². The van der Waals surface area contributed by atoms with Gasteiger partial charge in [-0.3, -0.25) is 0 Å². The first-order chi connectivity index (χ1) is 12.1. The monoisotopic (exact) mass is 344 g/mol. The third-order valence-corrected chi connectivity index (χ3v) is 4.35. The lowest BCUT2D eigenvalue weighted by Crippen LogP contribution is -2.58. The summed E-state index contributed by atoms with van der Waals surface area (Å²) >= 11 is 0. The highest BCUT2D eigenvalue weighted by atomic mass is 16.7. The Kier molecular flexibility index (Phi) is 6.18. The Morgan fingerprint density at radius 2 is 1.28 bits per heavy atom. The molecule has 0 spiro atoms. The number of benzene rings is 2. The van der Waals surface area contributed by atoms with Crippen LogP contribution in [0.15, 0.2) is 60.7 Å². The molecule has 3 unspecified atom stereocenters. The summed E-state index contributed by atoms with van der Waals surface area (Å²) in [6.45, 7) is 2.34. The number of hydrogen-bond donors (Lipinski definition) is 2. The summed E-state index contributed by atoms with van der Waals surface area (Å²) in [5, 5.41) is 20.7. The molecule has 0 aromatic heterocycles. The Bertz CT molecular complexity index is 633. The highest BCUT2D eigenvalue weighted by Crippen LogP contribution is 2.26. The predicted molar refractivity (Wildman–Crippen MR) is 92.6 cm³/mol. The summed E-state index contributed by atoms with van der Waals surface area (Å²) in [6.07, 6.45) is -4.01. The normalized spacial score (nSPS) is 29.5. The van der Waals surface area contributed by atoms with Crippen LogP contribution >= 0.6 is 0 Å². The predicted octanol–water partition coefficient (Wildman–Crippen LogP) is 2.26. The fourth-order valence-corrected chi connectivity index (χ4v) is 2.91. The Hall–Kier alpha value is -1.76. The maximum absolute atomic E-state index is 10.5. The zero-order valence-corrected chi connectivity index (χ0v) is 14.2. The van der Waals surface area contributed by atoms with Gasteiger partial charge < -0.3 is 24.4 Å². The van der Waals surface area contributed by atoms with E-state index in [4.69, 9.17) is 14.2 Å². The summed E-state index contributed by atoms with van der Waals surface area (Å²) in [7, 11) is 0.